The maximum absolute atomic E-state index is 12.1. The standard InChI is InChI=1S/C22H27N7O/c1-15-11-17(18-12-20-22(19(13-23)24-18)25-26-29(20)5)9-8-16(15)7-6-10-28(4)21(30)14-27(2)3/h8-9,11-12H,6-7,10,14H2,1-5H3. The Morgan fingerprint density at radius 2 is 2.00 bits per heavy atom. The van der Waals surface area contributed by atoms with Crippen LogP contribution in [0, 0.1) is 18.3 Å². The second kappa shape index (κ2) is 9.01. The van der Waals surface area contributed by atoms with Crippen LogP contribution in [0.2, 0.25) is 0 Å². The smallest absolute Gasteiger partial charge is 0.236 e. The molecule has 0 bridgehead atoms. The van der Waals surface area contributed by atoms with Crippen molar-refractivity contribution in [2.75, 3.05) is 34.2 Å². The molecular weight excluding hydrogens is 378 g/mol. The van der Waals surface area contributed by atoms with Gasteiger partial charge in [-0.05, 0) is 57.1 Å². The molecule has 1 aromatic carbocycles. The molecule has 0 unspecified atom stereocenters. The highest BCUT2D eigenvalue weighted by atomic mass is 16.2. The van der Waals surface area contributed by atoms with E-state index in [1.54, 1.807) is 16.6 Å². The van der Waals surface area contributed by atoms with E-state index >= 15 is 0 Å². The molecular formula is C22H27N7O. The molecule has 156 valence electrons. The Hall–Kier alpha value is -3.31. The number of benzene rings is 1. The third-order valence-electron chi connectivity index (χ3n) is 5.16. The Balaban J connectivity index is 1.73. The summed E-state index contributed by atoms with van der Waals surface area (Å²) in [5.41, 5.74) is 5.67. The maximum Gasteiger partial charge on any atom is 0.236 e. The van der Waals surface area contributed by atoms with Crippen LogP contribution in [0.1, 0.15) is 23.2 Å². The van der Waals surface area contributed by atoms with E-state index in [9.17, 15) is 10.1 Å². The first kappa shape index (κ1) is 21.4. The highest BCUT2D eigenvalue weighted by Gasteiger charge is 2.13. The lowest BCUT2D eigenvalue weighted by molar-refractivity contribution is -0.130. The van der Waals surface area contributed by atoms with Gasteiger partial charge >= 0.3 is 0 Å². The minimum atomic E-state index is 0.131. The monoisotopic (exact) mass is 405 g/mol. The number of nitrogens with zero attached hydrogens (tertiary/aromatic N) is 7. The highest BCUT2D eigenvalue weighted by molar-refractivity contribution is 5.83. The van der Waals surface area contributed by atoms with E-state index < -0.39 is 0 Å². The SMILES string of the molecule is Cc1cc(-c2cc3c(nnn3C)c(C#N)n2)ccc1CCCN(C)C(=O)CN(C)C. The number of hydrogen-bond donors (Lipinski definition) is 0. The van der Waals surface area contributed by atoms with Gasteiger partial charge in [0.15, 0.2) is 5.69 Å². The zero-order valence-electron chi connectivity index (χ0n) is 18.2. The zero-order chi connectivity index (χ0) is 21.8. The summed E-state index contributed by atoms with van der Waals surface area (Å²) in [4.78, 5) is 20.2. The number of nitriles is 1. The van der Waals surface area contributed by atoms with E-state index in [0.717, 1.165) is 36.2 Å². The quantitative estimate of drug-likeness (QED) is 0.598. The van der Waals surface area contributed by atoms with Crippen LogP contribution in [-0.2, 0) is 18.3 Å². The highest BCUT2D eigenvalue weighted by Crippen LogP contribution is 2.25. The van der Waals surface area contributed by atoms with Crippen LogP contribution < -0.4 is 0 Å². The van der Waals surface area contributed by atoms with Gasteiger partial charge in [0, 0.05) is 26.2 Å². The number of aryl methyl sites for hydroxylation is 3. The summed E-state index contributed by atoms with van der Waals surface area (Å²) in [6, 6.07) is 10.3. The van der Waals surface area contributed by atoms with Gasteiger partial charge in [0.2, 0.25) is 5.91 Å². The van der Waals surface area contributed by atoms with Crippen molar-refractivity contribution < 1.29 is 4.79 Å². The van der Waals surface area contributed by atoms with Gasteiger partial charge < -0.3 is 9.80 Å². The van der Waals surface area contributed by atoms with Gasteiger partial charge in [-0.3, -0.25) is 4.79 Å². The van der Waals surface area contributed by atoms with Crippen molar-refractivity contribution in [1.29, 1.82) is 5.26 Å². The van der Waals surface area contributed by atoms with Crippen molar-refractivity contribution in [3.05, 3.63) is 41.1 Å². The molecule has 3 aromatic rings. The number of rotatable bonds is 7. The van der Waals surface area contributed by atoms with Gasteiger partial charge in [0.05, 0.1) is 17.8 Å². The molecule has 0 radical (unpaired) electrons. The number of aromatic nitrogens is 4. The van der Waals surface area contributed by atoms with Crippen molar-refractivity contribution in [1.82, 2.24) is 29.8 Å². The van der Waals surface area contributed by atoms with Crippen LogP contribution in [0.4, 0.5) is 0 Å². The van der Waals surface area contributed by atoms with E-state index in [0.29, 0.717) is 12.1 Å². The molecule has 0 aliphatic heterocycles. The fraction of sp³-hybridized carbons (Fsp3) is 0.409. The van der Waals surface area contributed by atoms with Crippen molar-refractivity contribution in [2.24, 2.45) is 7.05 Å². The first-order chi connectivity index (χ1) is 14.3. The van der Waals surface area contributed by atoms with Crippen molar-refractivity contribution >= 4 is 16.9 Å². The molecule has 2 heterocycles. The van der Waals surface area contributed by atoms with Gasteiger partial charge in [0.25, 0.3) is 0 Å². The van der Waals surface area contributed by atoms with Crippen LogP contribution in [0.25, 0.3) is 22.3 Å². The molecule has 3 rings (SSSR count). The summed E-state index contributed by atoms with van der Waals surface area (Å²) in [5, 5.41) is 17.4. The van der Waals surface area contributed by atoms with Crippen LogP contribution in [0.3, 0.4) is 0 Å². The Morgan fingerprint density at radius 3 is 2.67 bits per heavy atom. The van der Waals surface area contributed by atoms with Crippen LogP contribution in [0.5, 0.6) is 0 Å². The zero-order valence-corrected chi connectivity index (χ0v) is 18.2. The average Bonchev–Trinajstić information content (AvgIpc) is 3.08. The molecule has 2 aromatic heterocycles. The number of fused-ring (bicyclic) bond motifs is 1. The lowest BCUT2D eigenvalue weighted by Crippen LogP contribution is -2.35. The third kappa shape index (κ3) is 4.63. The Bertz CT molecular complexity index is 1110. The van der Waals surface area contributed by atoms with Crippen LogP contribution in [-0.4, -0.2) is 69.9 Å². The summed E-state index contributed by atoms with van der Waals surface area (Å²) in [6.07, 6.45) is 1.80. The molecule has 0 saturated carbocycles. The van der Waals surface area contributed by atoms with E-state index in [-0.39, 0.29) is 11.6 Å². The summed E-state index contributed by atoms with van der Waals surface area (Å²) in [7, 11) is 7.44. The Labute approximate surface area is 176 Å². The number of carbonyl (C=O) groups excluding carboxylic acids is 1. The van der Waals surface area contributed by atoms with E-state index in [1.165, 1.54) is 11.1 Å². The second-order valence-corrected chi connectivity index (χ2v) is 7.85. The minimum absolute atomic E-state index is 0.131. The fourth-order valence-electron chi connectivity index (χ4n) is 3.41. The molecule has 8 nitrogen and oxygen atoms in total. The molecule has 0 atom stereocenters. The molecule has 0 saturated heterocycles. The molecule has 0 aliphatic carbocycles. The van der Waals surface area contributed by atoms with Crippen molar-refractivity contribution in [2.45, 2.75) is 19.8 Å². The van der Waals surface area contributed by atoms with Gasteiger partial charge in [-0.25, -0.2) is 9.67 Å². The normalized spacial score (nSPS) is 11.1. The van der Waals surface area contributed by atoms with Gasteiger partial charge in [-0.1, -0.05) is 17.3 Å². The average molecular weight is 406 g/mol. The van der Waals surface area contributed by atoms with Crippen molar-refractivity contribution in [3.8, 4) is 17.3 Å². The van der Waals surface area contributed by atoms with Gasteiger partial charge in [0.1, 0.15) is 11.6 Å². The summed E-state index contributed by atoms with van der Waals surface area (Å²) in [6.45, 7) is 3.23. The first-order valence-corrected chi connectivity index (χ1v) is 9.89. The lowest BCUT2D eigenvalue weighted by atomic mass is 9.99. The second-order valence-electron chi connectivity index (χ2n) is 7.85. The van der Waals surface area contributed by atoms with Crippen LogP contribution in [0.15, 0.2) is 24.3 Å². The Kier molecular flexibility index (Phi) is 6.43. The summed E-state index contributed by atoms with van der Waals surface area (Å²) >= 11 is 0. The Morgan fingerprint density at radius 1 is 1.23 bits per heavy atom. The molecule has 30 heavy (non-hydrogen) atoms. The molecule has 0 spiro atoms. The third-order valence-corrected chi connectivity index (χ3v) is 5.16. The number of pyridine rings is 1. The van der Waals surface area contributed by atoms with Crippen LogP contribution >= 0.6 is 0 Å². The molecule has 0 N–H and O–H groups in total. The predicted molar refractivity (Wildman–Crippen MR) is 116 cm³/mol. The summed E-state index contributed by atoms with van der Waals surface area (Å²) in [5.74, 6) is 0.131. The minimum Gasteiger partial charge on any atom is -0.345 e. The first-order valence-electron chi connectivity index (χ1n) is 9.89. The molecule has 0 aliphatic rings. The fourth-order valence-corrected chi connectivity index (χ4v) is 3.41. The maximum atomic E-state index is 12.1. The number of hydrogen-bond acceptors (Lipinski definition) is 6. The topological polar surface area (TPSA) is 90.9 Å². The van der Waals surface area contributed by atoms with E-state index in [2.05, 4.69) is 40.4 Å². The van der Waals surface area contributed by atoms with Gasteiger partial charge in [-0.15, -0.1) is 5.10 Å². The molecule has 0 fully saturated rings. The molecule has 1 amide bonds. The summed E-state index contributed by atoms with van der Waals surface area (Å²) < 4.78 is 1.65. The van der Waals surface area contributed by atoms with E-state index in [4.69, 9.17) is 0 Å². The number of carbonyl (C=O) groups is 1. The van der Waals surface area contributed by atoms with Gasteiger partial charge in [-0.2, -0.15) is 5.26 Å². The van der Waals surface area contributed by atoms with Crippen molar-refractivity contribution in [3.63, 3.8) is 0 Å². The van der Waals surface area contributed by atoms with E-state index in [1.807, 2.05) is 38.2 Å². The predicted octanol–water partition coefficient (Wildman–Crippen LogP) is 2.16. The molecule has 8 heteroatoms. The number of amides is 1. The lowest BCUT2D eigenvalue weighted by Gasteiger charge is -2.19. The largest absolute Gasteiger partial charge is 0.345 e. The number of likely N-dealkylation sites (N-methyl/N-ethyl adjacent to an activating group) is 2.